The molecular weight excluding hydrogens is 320 g/mol. The summed E-state index contributed by atoms with van der Waals surface area (Å²) < 4.78 is 27.4. The van der Waals surface area contributed by atoms with Crippen molar-refractivity contribution in [1.29, 1.82) is 0 Å². The molecule has 134 valence electrons. The van der Waals surface area contributed by atoms with Crippen molar-refractivity contribution in [2.45, 2.75) is 50.8 Å². The highest BCUT2D eigenvalue weighted by molar-refractivity contribution is 7.89. The zero-order valence-electron chi connectivity index (χ0n) is 15.0. The highest BCUT2D eigenvalue weighted by Crippen LogP contribution is 2.26. The molecule has 5 heteroatoms. The van der Waals surface area contributed by atoms with E-state index in [0.717, 1.165) is 30.5 Å². The number of benzene rings is 1. The van der Waals surface area contributed by atoms with Crippen molar-refractivity contribution in [1.82, 2.24) is 9.21 Å². The van der Waals surface area contributed by atoms with Crippen molar-refractivity contribution in [3.63, 3.8) is 0 Å². The van der Waals surface area contributed by atoms with E-state index in [1.54, 1.807) is 10.4 Å². The van der Waals surface area contributed by atoms with Gasteiger partial charge in [0.2, 0.25) is 10.0 Å². The Labute approximate surface area is 146 Å². The van der Waals surface area contributed by atoms with Gasteiger partial charge in [-0.2, -0.15) is 4.31 Å². The topological polar surface area (TPSA) is 40.6 Å². The predicted octanol–water partition coefficient (Wildman–Crippen LogP) is 3.19. The molecule has 2 aliphatic heterocycles. The number of piperidine rings is 2. The third-order valence-corrected chi connectivity index (χ3v) is 7.55. The molecular formula is C19H30N2O2S. The second-order valence-corrected chi connectivity index (χ2v) is 9.39. The number of hydrogen-bond acceptors (Lipinski definition) is 3. The van der Waals surface area contributed by atoms with Gasteiger partial charge in [-0.1, -0.05) is 12.5 Å². The van der Waals surface area contributed by atoms with Crippen LogP contribution in [0.15, 0.2) is 23.1 Å². The van der Waals surface area contributed by atoms with Crippen LogP contribution in [0.1, 0.15) is 43.2 Å². The standard InChI is InChI=1S/C19H30N2O2S/c1-16-6-7-19(14-17(16)2)24(22,23)21-12-8-18(9-13-21)15-20-10-4-3-5-11-20/h6-7,14,18H,3-5,8-13,15H2,1-2H3. The van der Waals surface area contributed by atoms with Crippen LogP contribution in [0.2, 0.25) is 0 Å². The fraction of sp³-hybridized carbons (Fsp3) is 0.684. The van der Waals surface area contributed by atoms with E-state index in [4.69, 9.17) is 0 Å². The van der Waals surface area contributed by atoms with E-state index >= 15 is 0 Å². The van der Waals surface area contributed by atoms with Crippen molar-refractivity contribution >= 4 is 10.0 Å². The predicted molar refractivity (Wildman–Crippen MR) is 97.7 cm³/mol. The summed E-state index contributed by atoms with van der Waals surface area (Å²) >= 11 is 0. The van der Waals surface area contributed by atoms with Crippen LogP contribution in [0.3, 0.4) is 0 Å². The first kappa shape index (κ1) is 17.9. The van der Waals surface area contributed by atoms with Crippen LogP contribution in [0.4, 0.5) is 0 Å². The summed E-state index contributed by atoms with van der Waals surface area (Å²) in [5.41, 5.74) is 2.17. The molecule has 2 saturated heterocycles. The average molecular weight is 351 g/mol. The zero-order valence-corrected chi connectivity index (χ0v) is 15.8. The zero-order chi connectivity index (χ0) is 17.2. The van der Waals surface area contributed by atoms with Crippen molar-refractivity contribution in [2.75, 3.05) is 32.7 Å². The van der Waals surface area contributed by atoms with Crippen LogP contribution in [0.25, 0.3) is 0 Å². The largest absolute Gasteiger partial charge is 0.303 e. The summed E-state index contributed by atoms with van der Waals surface area (Å²) in [6, 6.07) is 5.47. The first-order chi connectivity index (χ1) is 11.5. The van der Waals surface area contributed by atoms with E-state index in [2.05, 4.69) is 4.90 Å². The van der Waals surface area contributed by atoms with Crippen LogP contribution >= 0.6 is 0 Å². The van der Waals surface area contributed by atoms with Crippen molar-refractivity contribution in [2.24, 2.45) is 5.92 Å². The van der Waals surface area contributed by atoms with Gasteiger partial charge in [0, 0.05) is 19.6 Å². The Morgan fingerprint density at radius 2 is 1.62 bits per heavy atom. The van der Waals surface area contributed by atoms with Gasteiger partial charge in [-0.15, -0.1) is 0 Å². The lowest BCUT2D eigenvalue weighted by Crippen LogP contribution is -2.42. The van der Waals surface area contributed by atoms with E-state index in [1.807, 2.05) is 26.0 Å². The van der Waals surface area contributed by atoms with Crippen LogP contribution < -0.4 is 0 Å². The third-order valence-electron chi connectivity index (χ3n) is 5.65. The van der Waals surface area contributed by atoms with E-state index in [0.29, 0.717) is 23.9 Å². The molecule has 0 saturated carbocycles. The maximum Gasteiger partial charge on any atom is 0.243 e. The summed E-state index contributed by atoms with van der Waals surface area (Å²) in [5.74, 6) is 0.648. The fourth-order valence-corrected chi connectivity index (χ4v) is 5.42. The number of aryl methyl sites for hydroxylation is 2. The summed E-state index contributed by atoms with van der Waals surface area (Å²) in [5, 5.41) is 0. The van der Waals surface area contributed by atoms with Gasteiger partial charge in [0.25, 0.3) is 0 Å². The maximum absolute atomic E-state index is 12.9. The molecule has 0 amide bonds. The van der Waals surface area contributed by atoms with Crippen molar-refractivity contribution < 1.29 is 8.42 Å². The van der Waals surface area contributed by atoms with Gasteiger partial charge in [0.05, 0.1) is 4.90 Å². The van der Waals surface area contributed by atoms with Gasteiger partial charge >= 0.3 is 0 Å². The minimum absolute atomic E-state index is 0.445. The highest BCUT2D eigenvalue weighted by atomic mass is 32.2. The normalized spacial score (nSPS) is 21.9. The monoisotopic (exact) mass is 350 g/mol. The lowest BCUT2D eigenvalue weighted by atomic mass is 9.96. The molecule has 1 aromatic carbocycles. The summed E-state index contributed by atoms with van der Waals surface area (Å²) in [6.45, 7) is 8.90. The highest BCUT2D eigenvalue weighted by Gasteiger charge is 2.30. The minimum atomic E-state index is -3.34. The molecule has 0 aliphatic carbocycles. The second kappa shape index (κ2) is 7.54. The SMILES string of the molecule is Cc1ccc(S(=O)(=O)N2CCC(CN3CCCCC3)CC2)cc1C. The number of nitrogens with zero attached hydrogens (tertiary/aromatic N) is 2. The molecule has 0 atom stereocenters. The first-order valence-corrected chi connectivity index (χ1v) is 10.7. The lowest BCUT2D eigenvalue weighted by molar-refractivity contribution is 0.161. The molecule has 1 aromatic rings. The van der Waals surface area contributed by atoms with Crippen LogP contribution in [0.5, 0.6) is 0 Å². The molecule has 0 radical (unpaired) electrons. The van der Waals surface area contributed by atoms with Crippen molar-refractivity contribution in [3.8, 4) is 0 Å². The molecule has 3 rings (SSSR count). The molecule has 0 aromatic heterocycles. The minimum Gasteiger partial charge on any atom is -0.303 e. The second-order valence-electron chi connectivity index (χ2n) is 7.45. The first-order valence-electron chi connectivity index (χ1n) is 9.26. The van der Waals surface area contributed by atoms with Gasteiger partial charge in [0.1, 0.15) is 0 Å². The molecule has 0 spiro atoms. The third kappa shape index (κ3) is 4.01. The van der Waals surface area contributed by atoms with Crippen LogP contribution in [0, 0.1) is 19.8 Å². The molecule has 2 heterocycles. The van der Waals surface area contributed by atoms with Gasteiger partial charge in [-0.25, -0.2) is 8.42 Å². The maximum atomic E-state index is 12.9. The fourth-order valence-electron chi connectivity index (χ4n) is 3.86. The lowest BCUT2D eigenvalue weighted by Gasteiger charge is -2.35. The molecule has 4 nitrogen and oxygen atoms in total. The Hall–Kier alpha value is -0.910. The van der Waals surface area contributed by atoms with E-state index in [9.17, 15) is 8.42 Å². The summed E-state index contributed by atoms with van der Waals surface area (Å²) in [6.07, 6.45) is 5.98. The summed E-state index contributed by atoms with van der Waals surface area (Å²) in [4.78, 5) is 3.02. The Morgan fingerprint density at radius 1 is 0.958 bits per heavy atom. The quantitative estimate of drug-likeness (QED) is 0.837. The van der Waals surface area contributed by atoms with E-state index in [1.165, 1.54) is 32.4 Å². The molecule has 2 aliphatic rings. The Morgan fingerprint density at radius 3 is 2.25 bits per heavy atom. The average Bonchev–Trinajstić information content (AvgIpc) is 2.58. The van der Waals surface area contributed by atoms with Crippen molar-refractivity contribution in [3.05, 3.63) is 29.3 Å². The number of sulfonamides is 1. The van der Waals surface area contributed by atoms with Gasteiger partial charge in [-0.3, -0.25) is 0 Å². The molecule has 0 unspecified atom stereocenters. The summed E-state index contributed by atoms with van der Waals surface area (Å²) in [7, 11) is -3.34. The number of rotatable bonds is 4. The van der Waals surface area contributed by atoms with E-state index < -0.39 is 10.0 Å². The number of hydrogen-bond donors (Lipinski definition) is 0. The molecule has 24 heavy (non-hydrogen) atoms. The number of likely N-dealkylation sites (tertiary alicyclic amines) is 1. The molecule has 0 N–H and O–H groups in total. The molecule has 0 bridgehead atoms. The Kier molecular flexibility index (Phi) is 5.63. The Bertz CT molecular complexity index is 658. The van der Waals surface area contributed by atoms with Gasteiger partial charge < -0.3 is 4.90 Å². The van der Waals surface area contributed by atoms with Gasteiger partial charge in [0.15, 0.2) is 0 Å². The Balaban J connectivity index is 1.59. The van der Waals surface area contributed by atoms with Crippen LogP contribution in [-0.2, 0) is 10.0 Å². The smallest absolute Gasteiger partial charge is 0.243 e. The molecule has 2 fully saturated rings. The van der Waals surface area contributed by atoms with E-state index in [-0.39, 0.29) is 0 Å². The van der Waals surface area contributed by atoms with Crippen LogP contribution in [-0.4, -0.2) is 50.3 Å². The van der Waals surface area contributed by atoms with Gasteiger partial charge in [-0.05, 0) is 81.8 Å².